The fourth-order valence-electron chi connectivity index (χ4n) is 1.07. The number of halogens is 2. The van der Waals surface area contributed by atoms with Gasteiger partial charge in [-0.1, -0.05) is 5.16 Å². The minimum absolute atomic E-state index is 0.281. The molecular weight excluding hydrogens is 251 g/mol. The van der Waals surface area contributed by atoms with Crippen LogP contribution in [0.5, 0.6) is 0 Å². The van der Waals surface area contributed by atoms with Crippen molar-refractivity contribution in [3.05, 3.63) is 34.6 Å². The van der Waals surface area contributed by atoms with Crippen LogP contribution >= 0.6 is 15.9 Å². The van der Waals surface area contributed by atoms with Crippen molar-refractivity contribution >= 4 is 21.7 Å². The fourth-order valence-corrected chi connectivity index (χ4v) is 1.32. The summed E-state index contributed by atoms with van der Waals surface area (Å²) in [6.07, 6.45) is 0. The first-order valence-corrected chi connectivity index (χ1v) is 4.64. The summed E-state index contributed by atoms with van der Waals surface area (Å²) in [6.45, 7) is 0. The van der Waals surface area contributed by atoms with Gasteiger partial charge in [0.05, 0.1) is 4.47 Å². The topological polar surface area (TPSA) is 52.0 Å². The Hall–Kier alpha value is -1.36. The molecule has 0 atom stereocenters. The predicted molar refractivity (Wildman–Crippen MR) is 54.0 cm³/mol. The maximum Gasteiger partial charge on any atom is 0.169 e. The normalized spacial score (nSPS) is 10.4. The minimum Gasteiger partial charge on any atom is -0.381 e. The number of nitrogen functional groups attached to an aromatic ring is 1. The van der Waals surface area contributed by atoms with Crippen LogP contribution in [-0.4, -0.2) is 5.16 Å². The summed E-state index contributed by atoms with van der Waals surface area (Å²) in [5.74, 6) is 0.384. The van der Waals surface area contributed by atoms with Crippen LogP contribution < -0.4 is 5.73 Å². The molecule has 0 amide bonds. The molecule has 2 aromatic rings. The van der Waals surface area contributed by atoms with Gasteiger partial charge in [0.2, 0.25) is 0 Å². The molecule has 0 bridgehead atoms. The lowest BCUT2D eigenvalue weighted by Crippen LogP contribution is -1.81. The van der Waals surface area contributed by atoms with Gasteiger partial charge in [-0.3, -0.25) is 0 Å². The molecule has 1 aromatic heterocycles. The first-order valence-electron chi connectivity index (χ1n) is 3.84. The van der Waals surface area contributed by atoms with E-state index in [2.05, 4.69) is 21.1 Å². The Balaban J connectivity index is 2.47. The van der Waals surface area contributed by atoms with Gasteiger partial charge in [0.25, 0.3) is 0 Å². The first kappa shape index (κ1) is 9.21. The number of hydrogen-bond donors (Lipinski definition) is 1. The molecular formula is C9H6BrFN2O. The molecule has 0 saturated heterocycles. The standard InChI is InChI=1S/C9H6BrFN2O/c10-6-2-1-5(3-7(6)11)8-4-9(12)13-14-8/h1-4H,(H2,12,13). The largest absolute Gasteiger partial charge is 0.381 e. The molecule has 0 unspecified atom stereocenters. The Morgan fingerprint density at radius 2 is 2.14 bits per heavy atom. The van der Waals surface area contributed by atoms with E-state index in [4.69, 9.17) is 10.3 Å². The molecule has 3 nitrogen and oxygen atoms in total. The van der Waals surface area contributed by atoms with Gasteiger partial charge in [-0.05, 0) is 34.1 Å². The maximum atomic E-state index is 13.1. The molecule has 2 rings (SSSR count). The fraction of sp³-hybridized carbons (Fsp3) is 0. The zero-order valence-electron chi connectivity index (χ0n) is 7.00. The van der Waals surface area contributed by atoms with E-state index in [0.29, 0.717) is 15.8 Å². The average Bonchev–Trinajstić information content (AvgIpc) is 2.57. The van der Waals surface area contributed by atoms with E-state index >= 15 is 0 Å². The number of hydrogen-bond acceptors (Lipinski definition) is 3. The van der Waals surface area contributed by atoms with Crippen LogP contribution in [0, 0.1) is 5.82 Å². The zero-order valence-corrected chi connectivity index (χ0v) is 8.58. The van der Waals surface area contributed by atoms with Gasteiger partial charge >= 0.3 is 0 Å². The molecule has 0 aliphatic heterocycles. The van der Waals surface area contributed by atoms with E-state index in [0.717, 1.165) is 0 Å². The minimum atomic E-state index is -0.350. The van der Waals surface area contributed by atoms with Crippen LogP contribution in [-0.2, 0) is 0 Å². The lowest BCUT2D eigenvalue weighted by atomic mass is 10.2. The Bertz CT molecular complexity index is 470. The van der Waals surface area contributed by atoms with Gasteiger partial charge in [-0.2, -0.15) is 0 Å². The molecule has 0 saturated carbocycles. The third kappa shape index (κ3) is 1.63. The van der Waals surface area contributed by atoms with Gasteiger partial charge < -0.3 is 10.3 Å². The summed E-state index contributed by atoms with van der Waals surface area (Å²) in [6, 6.07) is 6.21. The number of aromatic nitrogens is 1. The van der Waals surface area contributed by atoms with E-state index in [1.807, 2.05) is 0 Å². The van der Waals surface area contributed by atoms with Gasteiger partial charge in [-0.25, -0.2) is 4.39 Å². The van der Waals surface area contributed by atoms with Crippen LogP contribution in [0.4, 0.5) is 10.2 Å². The predicted octanol–water partition coefficient (Wildman–Crippen LogP) is 2.83. The molecule has 0 spiro atoms. The van der Waals surface area contributed by atoms with Crippen LogP contribution in [0.15, 0.2) is 33.3 Å². The molecule has 14 heavy (non-hydrogen) atoms. The molecule has 1 heterocycles. The highest BCUT2D eigenvalue weighted by atomic mass is 79.9. The molecule has 1 aromatic carbocycles. The molecule has 0 fully saturated rings. The Morgan fingerprint density at radius 1 is 1.36 bits per heavy atom. The van der Waals surface area contributed by atoms with Crippen molar-refractivity contribution in [3.63, 3.8) is 0 Å². The lowest BCUT2D eigenvalue weighted by Gasteiger charge is -1.97. The second-order valence-corrected chi connectivity index (χ2v) is 3.60. The third-order valence-electron chi connectivity index (χ3n) is 1.73. The average molecular weight is 257 g/mol. The van der Waals surface area contributed by atoms with Gasteiger partial charge in [0, 0.05) is 11.6 Å². The SMILES string of the molecule is Nc1cc(-c2ccc(Br)c(F)c2)on1. The number of nitrogens with zero attached hydrogens (tertiary/aromatic N) is 1. The second-order valence-electron chi connectivity index (χ2n) is 2.74. The van der Waals surface area contributed by atoms with Crippen molar-refractivity contribution in [1.29, 1.82) is 0 Å². The summed E-state index contributed by atoms with van der Waals surface area (Å²) in [4.78, 5) is 0. The number of anilines is 1. The van der Waals surface area contributed by atoms with Gasteiger partial charge in [0.15, 0.2) is 11.6 Å². The van der Waals surface area contributed by atoms with Crippen molar-refractivity contribution in [2.45, 2.75) is 0 Å². The molecule has 0 aliphatic rings. The monoisotopic (exact) mass is 256 g/mol. The first-order chi connectivity index (χ1) is 6.66. The molecule has 2 N–H and O–H groups in total. The summed E-state index contributed by atoms with van der Waals surface area (Å²) in [7, 11) is 0. The van der Waals surface area contributed by atoms with E-state index in [1.165, 1.54) is 6.07 Å². The highest BCUT2D eigenvalue weighted by Gasteiger charge is 2.07. The number of nitrogens with two attached hydrogens (primary N) is 1. The van der Waals surface area contributed by atoms with Crippen molar-refractivity contribution in [3.8, 4) is 11.3 Å². The van der Waals surface area contributed by atoms with Gasteiger partial charge in [0.1, 0.15) is 5.82 Å². The van der Waals surface area contributed by atoms with Crippen LogP contribution in [0.25, 0.3) is 11.3 Å². The highest BCUT2D eigenvalue weighted by Crippen LogP contribution is 2.25. The highest BCUT2D eigenvalue weighted by molar-refractivity contribution is 9.10. The molecule has 72 valence electrons. The zero-order chi connectivity index (χ0) is 10.1. The Labute approximate surface area is 87.8 Å². The molecule has 0 radical (unpaired) electrons. The third-order valence-corrected chi connectivity index (χ3v) is 2.38. The van der Waals surface area contributed by atoms with E-state index < -0.39 is 0 Å². The van der Waals surface area contributed by atoms with E-state index in [9.17, 15) is 4.39 Å². The van der Waals surface area contributed by atoms with Crippen molar-refractivity contribution < 1.29 is 8.91 Å². The summed E-state index contributed by atoms with van der Waals surface area (Å²) >= 11 is 3.06. The quantitative estimate of drug-likeness (QED) is 0.854. The van der Waals surface area contributed by atoms with Crippen molar-refractivity contribution in [1.82, 2.24) is 5.16 Å². The van der Waals surface area contributed by atoms with E-state index in [1.54, 1.807) is 18.2 Å². The summed E-state index contributed by atoms with van der Waals surface area (Å²) in [5.41, 5.74) is 5.98. The van der Waals surface area contributed by atoms with Crippen molar-refractivity contribution in [2.75, 3.05) is 5.73 Å². The smallest absolute Gasteiger partial charge is 0.169 e. The molecule has 5 heteroatoms. The summed E-state index contributed by atoms with van der Waals surface area (Å²) < 4.78 is 18.4. The Morgan fingerprint density at radius 3 is 2.71 bits per heavy atom. The lowest BCUT2D eigenvalue weighted by molar-refractivity contribution is 0.435. The number of rotatable bonds is 1. The van der Waals surface area contributed by atoms with Crippen LogP contribution in [0.1, 0.15) is 0 Å². The summed E-state index contributed by atoms with van der Waals surface area (Å²) in [5, 5.41) is 3.51. The van der Waals surface area contributed by atoms with Crippen LogP contribution in [0.3, 0.4) is 0 Å². The maximum absolute atomic E-state index is 13.1. The van der Waals surface area contributed by atoms with E-state index in [-0.39, 0.29) is 11.6 Å². The number of benzene rings is 1. The molecule has 0 aliphatic carbocycles. The van der Waals surface area contributed by atoms with Crippen molar-refractivity contribution in [2.24, 2.45) is 0 Å². The Kier molecular flexibility index (Phi) is 2.25. The second kappa shape index (κ2) is 3.42. The van der Waals surface area contributed by atoms with Crippen LogP contribution in [0.2, 0.25) is 0 Å². The van der Waals surface area contributed by atoms with Gasteiger partial charge in [-0.15, -0.1) is 0 Å².